The Morgan fingerprint density at radius 3 is 2.00 bits per heavy atom. The van der Waals surface area contributed by atoms with Crippen molar-refractivity contribution < 1.29 is 0 Å². The molecule has 0 radical (unpaired) electrons. The Morgan fingerprint density at radius 2 is 1.82 bits per heavy atom. The molecule has 0 saturated carbocycles. The fourth-order valence-electron chi connectivity index (χ4n) is 1.34. The molecule has 0 heteroatoms. The van der Waals surface area contributed by atoms with Gasteiger partial charge in [-0.05, 0) is 18.4 Å². The average Bonchev–Trinajstić information content (AvgIpc) is 2.08. The third-order valence-electron chi connectivity index (χ3n) is 2.59. The topological polar surface area (TPSA) is 0 Å². The molecule has 0 heterocycles. The third-order valence-corrected chi connectivity index (χ3v) is 2.59. The summed E-state index contributed by atoms with van der Waals surface area (Å²) in [6.45, 7) is 11.3. The molecule has 11 heavy (non-hydrogen) atoms. The highest BCUT2D eigenvalue weighted by Gasteiger charge is 2.23. The van der Waals surface area contributed by atoms with E-state index in [-0.39, 0.29) is 0 Å². The fourth-order valence-corrected chi connectivity index (χ4v) is 1.34. The molecule has 0 nitrogen and oxygen atoms in total. The summed E-state index contributed by atoms with van der Waals surface area (Å²) in [5, 5.41) is 0. The van der Waals surface area contributed by atoms with Gasteiger partial charge in [0.25, 0.3) is 0 Å². The lowest BCUT2D eigenvalue weighted by molar-refractivity contribution is 0.587. The van der Waals surface area contributed by atoms with E-state index in [2.05, 4.69) is 46.8 Å². The molecule has 0 aromatic heterocycles. The van der Waals surface area contributed by atoms with Crippen LogP contribution in [0.25, 0.3) is 0 Å². The van der Waals surface area contributed by atoms with E-state index in [9.17, 15) is 0 Å². The van der Waals surface area contributed by atoms with E-state index in [1.165, 1.54) is 11.1 Å². The summed E-state index contributed by atoms with van der Waals surface area (Å²) in [6.07, 6.45) is 4.71. The van der Waals surface area contributed by atoms with Crippen LogP contribution < -0.4 is 0 Å². The van der Waals surface area contributed by atoms with Gasteiger partial charge in [-0.25, -0.2) is 0 Å². The molecule has 1 rings (SSSR count). The second-order valence-electron chi connectivity index (χ2n) is 4.35. The van der Waals surface area contributed by atoms with Crippen LogP contribution in [0.5, 0.6) is 0 Å². The van der Waals surface area contributed by atoms with Crippen LogP contribution in [-0.4, -0.2) is 0 Å². The quantitative estimate of drug-likeness (QED) is 0.536. The molecule has 0 aromatic carbocycles. The number of rotatable bonds is 1. The number of hydrogen-bond donors (Lipinski definition) is 0. The van der Waals surface area contributed by atoms with Gasteiger partial charge >= 0.3 is 0 Å². The second kappa shape index (κ2) is 2.51. The van der Waals surface area contributed by atoms with Crippen LogP contribution in [-0.2, 0) is 0 Å². The van der Waals surface area contributed by atoms with Gasteiger partial charge in [0, 0.05) is 5.41 Å². The maximum absolute atomic E-state index is 2.38. The van der Waals surface area contributed by atoms with Crippen molar-refractivity contribution in [3.05, 3.63) is 23.3 Å². The van der Waals surface area contributed by atoms with Gasteiger partial charge in [-0.1, -0.05) is 45.4 Å². The van der Waals surface area contributed by atoms with Crippen molar-refractivity contribution in [2.75, 3.05) is 0 Å². The van der Waals surface area contributed by atoms with Crippen molar-refractivity contribution in [2.45, 2.75) is 34.6 Å². The molecule has 0 aromatic rings. The van der Waals surface area contributed by atoms with Gasteiger partial charge in [0.1, 0.15) is 0 Å². The summed E-state index contributed by atoms with van der Waals surface area (Å²) < 4.78 is 0. The van der Waals surface area contributed by atoms with E-state index < -0.39 is 0 Å². The van der Waals surface area contributed by atoms with E-state index in [1.54, 1.807) is 0 Å². The average molecular weight is 150 g/mol. The van der Waals surface area contributed by atoms with Crippen LogP contribution in [0.4, 0.5) is 0 Å². The first-order valence-electron chi connectivity index (χ1n) is 4.35. The molecule has 0 bridgehead atoms. The number of hydrogen-bond acceptors (Lipinski definition) is 0. The summed E-state index contributed by atoms with van der Waals surface area (Å²) in [4.78, 5) is 0. The highest BCUT2D eigenvalue weighted by atomic mass is 14.3. The molecule has 0 saturated heterocycles. The molecule has 1 aliphatic rings. The Bertz CT molecular complexity index is 214. The van der Waals surface area contributed by atoms with Crippen molar-refractivity contribution in [3.8, 4) is 0 Å². The summed E-state index contributed by atoms with van der Waals surface area (Å²) in [7, 11) is 0. The van der Waals surface area contributed by atoms with Crippen LogP contribution >= 0.6 is 0 Å². The normalized spacial score (nSPS) is 22.0. The van der Waals surface area contributed by atoms with E-state index in [1.807, 2.05) is 0 Å². The molecule has 0 spiro atoms. The Hall–Kier alpha value is -0.520. The summed E-state index contributed by atoms with van der Waals surface area (Å²) in [6, 6.07) is 0. The minimum atomic E-state index is 0.305. The molecule has 0 atom stereocenters. The van der Waals surface area contributed by atoms with Crippen molar-refractivity contribution >= 4 is 0 Å². The Balaban J connectivity index is 2.92. The molecule has 0 fully saturated rings. The fraction of sp³-hybridized carbons (Fsp3) is 0.636. The number of allylic oxidation sites excluding steroid dienone is 4. The highest BCUT2D eigenvalue weighted by molar-refractivity contribution is 5.39. The molecule has 1 aliphatic carbocycles. The first kappa shape index (κ1) is 8.58. The van der Waals surface area contributed by atoms with Crippen LogP contribution in [0.1, 0.15) is 34.6 Å². The predicted molar refractivity (Wildman–Crippen MR) is 50.5 cm³/mol. The first-order chi connectivity index (χ1) is 4.93. The lowest BCUT2D eigenvalue weighted by Crippen LogP contribution is -2.05. The zero-order chi connectivity index (χ0) is 8.65. The third kappa shape index (κ3) is 1.55. The highest BCUT2D eigenvalue weighted by Crippen LogP contribution is 2.37. The van der Waals surface area contributed by atoms with Gasteiger partial charge < -0.3 is 0 Å². The summed E-state index contributed by atoms with van der Waals surface area (Å²) in [5.74, 6) is 0.673. The van der Waals surface area contributed by atoms with Gasteiger partial charge in [0.2, 0.25) is 0 Å². The van der Waals surface area contributed by atoms with Crippen molar-refractivity contribution in [2.24, 2.45) is 11.3 Å². The lowest BCUT2D eigenvalue weighted by atomic mass is 9.88. The predicted octanol–water partition coefficient (Wildman–Crippen LogP) is 3.55. The van der Waals surface area contributed by atoms with Gasteiger partial charge in [0.15, 0.2) is 0 Å². The van der Waals surface area contributed by atoms with Gasteiger partial charge in [-0.3, -0.25) is 0 Å². The lowest BCUT2D eigenvalue weighted by Gasteiger charge is -2.16. The maximum atomic E-state index is 2.38. The van der Waals surface area contributed by atoms with Gasteiger partial charge in [0.05, 0.1) is 0 Å². The second-order valence-corrected chi connectivity index (χ2v) is 4.35. The van der Waals surface area contributed by atoms with Crippen molar-refractivity contribution in [3.63, 3.8) is 0 Å². The van der Waals surface area contributed by atoms with E-state index >= 15 is 0 Å². The molecule has 62 valence electrons. The Morgan fingerprint density at radius 1 is 1.27 bits per heavy atom. The monoisotopic (exact) mass is 150 g/mol. The minimum absolute atomic E-state index is 0.305. The summed E-state index contributed by atoms with van der Waals surface area (Å²) >= 11 is 0. The maximum Gasteiger partial charge on any atom is 0.00406 e. The van der Waals surface area contributed by atoms with Crippen LogP contribution in [0.3, 0.4) is 0 Å². The standard InChI is InChI=1S/C11H18/c1-8(2)10-6-9(3)11(4,5)7-10/h6-8H,1-5H3. The zero-order valence-corrected chi connectivity index (χ0v) is 8.23. The van der Waals surface area contributed by atoms with E-state index in [0.29, 0.717) is 11.3 Å². The molecular formula is C11H18. The molecule has 0 aliphatic heterocycles. The van der Waals surface area contributed by atoms with E-state index in [4.69, 9.17) is 0 Å². The van der Waals surface area contributed by atoms with Gasteiger partial charge in [-0.2, -0.15) is 0 Å². The first-order valence-corrected chi connectivity index (χ1v) is 4.35. The molecule has 0 unspecified atom stereocenters. The van der Waals surface area contributed by atoms with Crippen molar-refractivity contribution in [1.29, 1.82) is 0 Å². The van der Waals surface area contributed by atoms with Crippen LogP contribution in [0.2, 0.25) is 0 Å². The minimum Gasteiger partial charge on any atom is -0.0713 e. The van der Waals surface area contributed by atoms with Gasteiger partial charge in [-0.15, -0.1) is 0 Å². The molecular weight excluding hydrogens is 132 g/mol. The SMILES string of the molecule is CC1=CC(C(C)C)=CC1(C)C. The zero-order valence-electron chi connectivity index (χ0n) is 8.23. The smallest absolute Gasteiger partial charge is 0.00406 e. The Kier molecular flexibility index (Phi) is 1.96. The largest absolute Gasteiger partial charge is 0.0713 e. The molecule has 0 N–H and O–H groups in total. The van der Waals surface area contributed by atoms with Crippen molar-refractivity contribution in [1.82, 2.24) is 0 Å². The molecule has 0 amide bonds. The summed E-state index contributed by atoms with van der Waals surface area (Å²) in [5.41, 5.74) is 3.29. The Labute approximate surface area is 70.0 Å². The van der Waals surface area contributed by atoms with E-state index in [0.717, 1.165) is 0 Å². The van der Waals surface area contributed by atoms with Crippen LogP contribution in [0.15, 0.2) is 23.3 Å². The van der Waals surface area contributed by atoms with Crippen LogP contribution in [0, 0.1) is 11.3 Å².